The van der Waals surface area contributed by atoms with E-state index in [0.29, 0.717) is 17.3 Å². The van der Waals surface area contributed by atoms with Gasteiger partial charge >= 0.3 is 0 Å². The number of halogens is 1. The second-order valence-corrected chi connectivity index (χ2v) is 6.46. The van der Waals surface area contributed by atoms with E-state index >= 15 is 0 Å². The van der Waals surface area contributed by atoms with Crippen LogP contribution in [0.3, 0.4) is 0 Å². The molecule has 0 spiro atoms. The summed E-state index contributed by atoms with van der Waals surface area (Å²) in [6.45, 7) is 4.55. The minimum Gasteiger partial charge on any atom is -0.306 e. The SMILES string of the molecule is CC1CSC(C)C(c2cccc(Br)c2)N1. The van der Waals surface area contributed by atoms with E-state index in [1.54, 1.807) is 0 Å². The van der Waals surface area contributed by atoms with E-state index in [9.17, 15) is 0 Å². The molecule has 0 aliphatic carbocycles. The smallest absolute Gasteiger partial charge is 0.0440 e. The van der Waals surface area contributed by atoms with Gasteiger partial charge in [-0.3, -0.25) is 0 Å². The van der Waals surface area contributed by atoms with Gasteiger partial charge in [-0.15, -0.1) is 0 Å². The van der Waals surface area contributed by atoms with Gasteiger partial charge in [0.05, 0.1) is 0 Å². The van der Waals surface area contributed by atoms with Crippen molar-refractivity contribution in [1.82, 2.24) is 5.32 Å². The predicted molar refractivity (Wildman–Crippen MR) is 71.4 cm³/mol. The average Bonchev–Trinajstić information content (AvgIpc) is 2.22. The Hall–Kier alpha value is 0.01000. The molecule has 1 aliphatic heterocycles. The van der Waals surface area contributed by atoms with E-state index in [1.807, 2.05) is 0 Å². The molecule has 1 saturated heterocycles. The van der Waals surface area contributed by atoms with Gasteiger partial charge in [-0.25, -0.2) is 0 Å². The van der Waals surface area contributed by atoms with Crippen molar-refractivity contribution in [3.05, 3.63) is 34.3 Å². The van der Waals surface area contributed by atoms with Gasteiger partial charge in [0.1, 0.15) is 0 Å². The molecule has 2 rings (SSSR count). The molecular weight excluding hydrogens is 270 g/mol. The molecule has 15 heavy (non-hydrogen) atoms. The van der Waals surface area contributed by atoms with Crippen LogP contribution in [0.5, 0.6) is 0 Å². The molecule has 0 bridgehead atoms. The normalized spacial score (nSPS) is 31.5. The summed E-state index contributed by atoms with van der Waals surface area (Å²) >= 11 is 5.59. The Kier molecular flexibility index (Phi) is 3.75. The molecule has 0 amide bonds. The van der Waals surface area contributed by atoms with Crippen LogP contribution < -0.4 is 5.32 Å². The Balaban J connectivity index is 2.21. The highest BCUT2D eigenvalue weighted by Gasteiger charge is 2.26. The molecule has 3 atom stereocenters. The maximum absolute atomic E-state index is 3.67. The van der Waals surface area contributed by atoms with E-state index in [2.05, 4.69) is 71.1 Å². The molecule has 0 aromatic heterocycles. The van der Waals surface area contributed by atoms with Crippen LogP contribution in [0, 0.1) is 0 Å². The molecule has 3 unspecified atom stereocenters. The number of thioether (sulfide) groups is 1. The third kappa shape index (κ3) is 2.77. The molecule has 1 aliphatic rings. The minimum absolute atomic E-state index is 0.483. The highest BCUT2D eigenvalue weighted by molar-refractivity contribution is 9.10. The van der Waals surface area contributed by atoms with Crippen molar-refractivity contribution >= 4 is 27.7 Å². The Morgan fingerprint density at radius 1 is 1.40 bits per heavy atom. The molecular formula is C12H16BrNS. The number of nitrogens with one attached hydrogen (secondary N) is 1. The van der Waals surface area contributed by atoms with Crippen LogP contribution in [0.1, 0.15) is 25.5 Å². The predicted octanol–water partition coefficient (Wildman–Crippen LogP) is 3.60. The molecule has 1 heterocycles. The lowest BCUT2D eigenvalue weighted by molar-refractivity contribution is 0.461. The summed E-state index contributed by atoms with van der Waals surface area (Å²) in [4.78, 5) is 0. The third-order valence-corrected chi connectivity index (χ3v) is 4.73. The lowest BCUT2D eigenvalue weighted by Crippen LogP contribution is -2.41. The summed E-state index contributed by atoms with van der Waals surface area (Å²) < 4.78 is 1.16. The largest absolute Gasteiger partial charge is 0.306 e. The maximum atomic E-state index is 3.67. The van der Waals surface area contributed by atoms with Crippen LogP contribution >= 0.6 is 27.7 Å². The molecule has 0 saturated carbocycles. The van der Waals surface area contributed by atoms with Gasteiger partial charge in [-0.05, 0) is 24.6 Å². The quantitative estimate of drug-likeness (QED) is 0.846. The summed E-state index contributed by atoms with van der Waals surface area (Å²) in [5, 5.41) is 4.32. The first-order valence-corrected chi connectivity index (χ1v) is 7.14. The first-order chi connectivity index (χ1) is 7.16. The fourth-order valence-electron chi connectivity index (χ4n) is 1.95. The van der Waals surface area contributed by atoms with Crippen molar-refractivity contribution in [1.29, 1.82) is 0 Å². The molecule has 1 aromatic carbocycles. The van der Waals surface area contributed by atoms with Crippen LogP contribution in [-0.4, -0.2) is 17.0 Å². The van der Waals surface area contributed by atoms with Crippen LogP contribution in [0.25, 0.3) is 0 Å². The number of benzene rings is 1. The highest BCUT2D eigenvalue weighted by Crippen LogP contribution is 2.32. The molecule has 1 aromatic rings. The zero-order valence-electron chi connectivity index (χ0n) is 9.03. The van der Waals surface area contributed by atoms with E-state index in [-0.39, 0.29) is 0 Å². The van der Waals surface area contributed by atoms with Crippen molar-refractivity contribution in [3.8, 4) is 0 Å². The van der Waals surface area contributed by atoms with Crippen LogP contribution in [0.15, 0.2) is 28.7 Å². The Labute approximate surface area is 104 Å². The molecule has 0 radical (unpaired) electrons. The summed E-state index contributed by atoms with van der Waals surface area (Å²) in [5.74, 6) is 1.21. The Bertz CT molecular complexity index is 342. The van der Waals surface area contributed by atoms with Crippen molar-refractivity contribution in [2.45, 2.75) is 31.2 Å². The fraction of sp³-hybridized carbons (Fsp3) is 0.500. The van der Waals surface area contributed by atoms with Gasteiger partial charge in [-0.1, -0.05) is 35.0 Å². The van der Waals surface area contributed by atoms with Crippen molar-refractivity contribution in [3.63, 3.8) is 0 Å². The van der Waals surface area contributed by atoms with Gasteiger partial charge in [0.2, 0.25) is 0 Å². The second-order valence-electron chi connectivity index (χ2n) is 4.14. The van der Waals surface area contributed by atoms with E-state index in [0.717, 1.165) is 4.47 Å². The molecule has 1 nitrogen and oxygen atoms in total. The second kappa shape index (κ2) is 4.89. The maximum Gasteiger partial charge on any atom is 0.0440 e. The van der Waals surface area contributed by atoms with Crippen LogP contribution in [-0.2, 0) is 0 Å². The molecule has 82 valence electrons. The zero-order chi connectivity index (χ0) is 10.8. The van der Waals surface area contributed by atoms with E-state index in [1.165, 1.54) is 11.3 Å². The number of hydrogen-bond donors (Lipinski definition) is 1. The Morgan fingerprint density at radius 3 is 2.93 bits per heavy atom. The minimum atomic E-state index is 0.483. The standard InChI is InChI=1S/C12H16BrNS/c1-8-7-15-9(2)12(14-8)10-4-3-5-11(13)6-10/h3-6,8-9,12,14H,7H2,1-2H3. The first-order valence-electron chi connectivity index (χ1n) is 5.30. The van der Waals surface area contributed by atoms with Crippen molar-refractivity contribution < 1.29 is 0 Å². The molecule has 1 N–H and O–H groups in total. The monoisotopic (exact) mass is 285 g/mol. The van der Waals surface area contributed by atoms with E-state index < -0.39 is 0 Å². The average molecular weight is 286 g/mol. The molecule has 1 fully saturated rings. The van der Waals surface area contributed by atoms with Crippen LogP contribution in [0.4, 0.5) is 0 Å². The lowest BCUT2D eigenvalue weighted by Gasteiger charge is -2.34. The van der Waals surface area contributed by atoms with Gasteiger partial charge < -0.3 is 5.32 Å². The summed E-state index contributed by atoms with van der Waals surface area (Å²) in [6, 6.07) is 9.70. The molecule has 3 heteroatoms. The lowest BCUT2D eigenvalue weighted by atomic mass is 10.0. The summed E-state index contributed by atoms with van der Waals surface area (Å²) in [6.07, 6.45) is 0. The zero-order valence-corrected chi connectivity index (χ0v) is 11.4. The fourth-order valence-corrected chi connectivity index (χ4v) is 3.48. The van der Waals surface area contributed by atoms with Gasteiger partial charge in [-0.2, -0.15) is 11.8 Å². The summed E-state index contributed by atoms with van der Waals surface area (Å²) in [5.41, 5.74) is 1.39. The van der Waals surface area contributed by atoms with Gasteiger partial charge in [0, 0.05) is 27.6 Å². The van der Waals surface area contributed by atoms with E-state index in [4.69, 9.17) is 0 Å². The topological polar surface area (TPSA) is 12.0 Å². The van der Waals surface area contributed by atoms with Crippen molar-refractivity contribution in [2.75, 3.05) is 5.75 Å². The first kappa shape index (κ1) is 11.5. The van der Waals surface area contributed by atoms with Crippen LogP contribution in [0.2, 0.25) is 0 Å². The number of hydrogen-bond acceptors (Lipinski definition) is 2. The Morgan fingerprint density at radius 2 is 2.20 bits per heavy atom. The number of rotatable bonds is 1. The van der Waals surface area contributed by atoms with Gasteiger partial charge in [0.25, 0.3) is 0 Å². The highest BCUT2D eigenvalue weighted by atomic mass is 79.9. The van der Waals surface area contributed by atoms with Crippen molar-refractivity contribution in [2.24, 2.45) is 0 Å². The summed E-state index contributed by atoms with van der Waals surface area (Å²) in [7, 11) is 0. The third-order valence-electron chi connectivity index (χ3n) is 2.75. The van der Waals surface area contributed by atoms with Gasteiger partial charge in [0.15, 0.2) is 0 Å².